The summed E-state index contributed by atoms with van der Waals surface area (Å²) in [5.41, 5.74) is 1.65. The lowest BCUT2D eigenvalue weighted by Crippen LogP contribution is -2.45. The fraction of sp³-hybridized carbons (Fsp3) is 0.278. The van der Waals surface area contributed by atoms with E-state index in [4.69, 9.17) is 0 Å². The zero-order valence-electron chi connectivity index (χ0n) is 14.4. The second-order valence-corrected chi connectivity index (χ2v) is 7.58. The monoisotopic (exact) mass is 364 g/mol. The minimum atomic E-state index is -3.91. The molecule has 0 aliphatic heterocycles. The molecule has 5 nitrogen and oxygen atoms in total. The SMILES string of the molecule is CCN([C@H](C)C(=O)Nc1ccc(C)cc1)S(=O)(=O)c1ccc(F)cc1. The number of aryl methyl sites for hydroxylation is 1. The first-order chi connectivity index (χ1) is 11.8. The molecular formula is C18H21FN2O3S. The lowest BCUT2D eigenvalue weighted by atomic mass is 10.2. The lowest BCUT2D eigenvalue weighted by molar-refractivity contribution is -0.119. The average Bonchev–Trinajstić information content (AvgIpc) is 2.57. The molecule has 0 spiro atoms. The minimum Gasteiger partial charge on any atom is -0.325 e. The van der Waals surface area contributed by atoms with Crippen molar-refractivity contribution in [3.63, 3.8) is 0 Å². The highest BCUT2D eigenvalue weighted by Gasteiger charge is 2.31. The van der Waals surface area contributed by atoms with Crippen LogP contribution in [0.1, 0.15) is 19.4 Å². The van der Waals surface area contributed by atoms with Gasteiger partial charge in [-0.15, -0.1) is 0 Å². The summed E-state index contributed by atoms with van der Waals surface area (Å²) in [7, 11) is -3.91. The third-order valence-corrected chi connectivity index (χ3v) is 5.92. The van der Waals surface area contributed by atoms with Crippen LogP contribution in [0.15, 0.2) is 53.4 Å². The number of hydrogen-bond donors (Lipinski definition) is 1. The molecule has 0 aromatic heterocycles. The van der Waals surface area contributed by atoms with Crippen molar-refractivity contribution in [3.05, 3.63) is 59.9 Å². The molecule has 1 N–H and O–H groups in total. The van der Waals surface area contributed by atoms with Crippen molar-refractivity contribution in [2.75, 3.05) is 11.9 Å². The molecule has 0 unspecified atom stereocenters. The van der Waals surface area contributed by atoms with Gasteiger partial charge in [0, 0.05) is 12.2 Å². The van der Waals surface area contributed by atoms with Crippen LogP contribution >= 0.6 is 0 Å². The van der Waals surface area contributed by atoms with Crippen molar-refractivity contribution in [2.24, 2.45) is 0 Å². The molecule has 2 aromatic carbocycles. The number of halogens is 1. The number of rotatable bonds is 6. The van der Waals surface area contributed by atoms with Gasteiger partial charge < -0.3 is 5.32 Å². The van der Waals surface area contributed by atoms with Gasteiger partial charge in [0.05, 0.1) is 4.90 Å². The maximum absolute atomic E-state index is 13.0. The van der Waals surface area contributed by atoms with E-state index >= 15 is 0 Å². The number of anilines is 1. The number of amides is 1. The van der Waals surface area contributed by atoms with E-state index in [0.29, 0.717) is 5.69 Å². The predicted octanol–water partition coefficient (Wildman–Crippen LogP) is 3.17. The summed E-state index contributed by atoms with van der Waals surface area (Å²) < 4.78 is 39.6. The first-order valence-corrected chi connectivity index (χ1v) is 9.34. The molecule has 134 valence electrons. The van der Waals surface area contributed by atoms with Crippen molar-refractivity contribution in [3.8, 4) is 0 Å². The zero-order valence-corrected chi connectivity index (χ0v) is 15.2. The van der Waals surface area contributed by atoms with Gasteiger partial charge in [-0.05, 0) is 50.2 Å². The first-order valence-electron chi connectivity index (χ1n) is 7.90. The molecule has 0 aliphatic rings. The second kappa shape index (κ2) is 7.76. The fourth-order valence-electron chi connectivity index (χ4n) is 2.41. The average molecular weight is 364 g/mol. The Morgan fingerprint density at radius 1 is 1.12 bits per heavy atom. The van der Waals surface area contributed by atoms with Gasteiger partial charge in [0.15, 0.2) is 0 Å². The van der Waals surface area contributed by atoms with Crippen molar-refractivity contribution in [1.82, 2.24) is 4.31 Å². The highest BCUT2D eigenvalue weighted by molar-refractivity contribution is 7.89. The van der Waals surface area contributed by atoms with Gasteiger partial charge in [0.25, 0.3) is 0 Å². The second-order valence-electron chi connectivity index (χ2n) is 5.69. The van der Waals surface area contributed by atoms with Crippen molar-refractivity contribution >= 4 is 21.6 Å². The van der Waals surface area contributed by atoms with Crippen molar-refractivity contribution in [1.29, 1.82) is 0 Å². The Hall–Kier alpha value is -2.25. The molecule has 2 rings (SSSR count). The molecule has 0 fully saturated rings. The van der Waals surface area contributed by atoms with E-state index in [9.17, 15) is 17.6 Å². The molecule has 0 saturated carbocycles. The smallest absolute Gasteiger partial charge is 0.243 e. The summed E-state index contributed by atoms with van der Waals surface area (Å²) in [4.78, 5) is 12.4. The summed E-state index contributed by atoms with van der Waals surface area (Å²) in [6.45, 7) is 5.22. The summed E-state index contributed by atoms with van der Waals surface area (Å²) in [5, 5.41) is 2.71. The Kier molecular flexibility index (Phi) is 5.92. The van der Waals surface area contributed by atoms with Crippen LogP contribution in [-0.4, -0.2) is 31.2 Å². The van der Waals surface area contributed by atoms with Crippen LogP contribution in [-0.2, 0) is 14.8 Å². The summed E-state index contributed by atoms with van der Waals surface area (Å²) >= 11 is 0. The quantitative estimate of drug-likeness (QED) is 0.856. The van der Waals surface area contributed by atoms with Gasteiger partial charge >= 0.3 is 0 Å². The Morgan fingerprint density at radius 3 is 2.20 bits per heavy atom. The van der Waals surface area contributed by atoms with Gasteiger partial charge in [-0.1, -0.05) is 24.6 Å². The molecule has 7 heteroatoms. The van der Waals surface area contributed by atoms with Crippen LogP contribution in [0.5, 0.6) is 0 Å². The molecule has 2 aromatic rings. The van der Waals surface area contributed by atoms with Crippen LogP contribution in [0.2, 0.25) is 0 Å². The van der Waals surface area contributed by atoms with Crippen LogP contribution in [0.3, 0.4) is 0 Å². The number of hydrogen-bond acceptors (Lipinski definition) is 3. The van der Waals surface area contributed by atoms with Crippen molar-refractivity contribution in [2.45, 2.75) is 31.7 Å². The molecular weight excluding hydrogens is 343 g/mol. The highest BCUT2D eigenvalue weighted by Crippen LogP contribution is 2.19. The van der Waals surface area contributed by atoms with E-state index in [1.807, 2.05) is 19.1 Å². The molecule has 0 heterocycles. The maximum Gasteiger partial charge on any atom is 0.243 e. The van der Waals surface area contributed by atoms with Crippen LogP contribution < -0.4 is 5.32 Å². The Balaban J connectivity index is 2.21. The van der Waals surface area contributed by atoms with Gasteiger partial charge in [0.1, 0.15) is 11.9 Å². The summed E-state index contributed by atoms with van der Waals surface area (Å²) in [6.07, 6.45) is 0. The molecule has 0 radical (unpaired) electrons. The van der Waals surface area contributed by atoms with Gasteiger partial charge in [-0.25, -0.2) is 12.8 Å². The number of carbonyl (C=O) groups excluding carboxylic acids is 1. The predicted molar refractivity (Wildman–Crippen MR) is 95.2 cm³/mol. The van der Waals surface area contributed by atoms with Gasteiger partial charge in [0.2, 0.25) is 15.9 Å². The molecule has 25 heavy (non-hydrogen) atoms. The third kappa shape index (κ3) is 4.43. The summed E-state index contributed by atoms with van der Waals surface area (Å²) in [6, 6.07) is 10.8. The van der Waals surface area contributed by atoms with E-state index in [-0.39, 0.29) is 11.4 Å². The Morgan fingerprint density at radius 2 is 1.68 bits per heavy atom. The summed E-state index contributed by atoms with van der Waals surface area (Å²) in [5.74, 6) is -0.955. The molecule has 0 saturated heterocycles. The lowest BCUT2D eigenvalue weighted by Gasteiger charge is -2.26. The third-order valence-electron chi connectivity index (χ3n) is 3.86. The number of nitrogens with zero attached hydrogens (tertiary/aromatic N) is 1. The standard InChI is InChI=1S/C18H21FN2O3S/c1-4-21(25(23,24)17-11-7-15(19)8-12-17)14(3)18(22)20-16-9-5-13(2)6-10-16/h5-12,14H,4H2,1-3H3,(H,20,22)/t14-/m1/s1. The van der Waals surface area contributed by atoms with E-state index in [1.165, 1.54) is 19.1 Å². The van der Waals surface area contributed by atoms with Crippen LogP contribution in [0.4, 0.5) is 10.1 Å². The zero-order chi connectivity index (χ0) is 18.6. The number of benzene rings is 2. The first kappa shape index (κ1) is 19.1. The van der Waals surface area contributed by atoms with E-state index in [0.717, 1.165) is 22.0 Å². The van der Waals surface area contributed by atoms with Crippen LogP contribution in [0, 0.1) is 12.7 Å². The Labute approximate surface area is 147 Å². The highest BCUT2D eigenvalue weighted by atomic mass is 32.2. The largest absolute Gasteiger partial charge is 0.325 e. The number of sulfonamides is 1. The number of carbonyl (C=O) groups is 1. The minimum absolute atomic E-state index is 0.0502. The molecule has 1 amide bonds. The number of likely N-dealkylation sites (N-methyl/N-ethyl adjacent to an activating group) is 1. The van der Waals surface area contributed by atoms with E-state index in [2.05, 4.69) is 5.32 Å². The maximum atomic E-state index is 13.0. The molecule has 0 aliphatic carbocycles. The normalized spacial score (nSPS) is 12.8. The topological polar surface area (TPSA) is 66.5 Å². The van der Waals surface area contributed by atoms with Gasteiger partial charge in [-0.3, -0.25) is 4.79 Å². The van der Waals surface area contributed by atoms with Crippen LogP contribution in [0.25, 0.3) is 0 Å². The van der Waals surface area contributed by atoms with E-state index < -0.39 is 27.8 Å². The van der Waals surface area contributed by atoms with E-state index in [1.54, 1.807) is 19.1 Å². The van der Waals surface area contributed by atoms with Gasteiger partial charge in [-0.2, -0.15) is 4.31 Å². The van der Waals surface area contributed by atoms with Crippen molar-refractivity contribution < 1.29 is 17.6 Å². The number of nitrogens with one attached hydrogen (secondary N) is 1. The molecule has 0 bridgehead atoms. The molecule has 1 atom stereocenters. The Bertz CT molecular complexity index is 834. The fourth-order valence-corrected chi connectivity index (χ4v) is 4.01.